The molecule has 1 atom stereocenters. The molecule has 0 aliphatic carbocycles. The second-order valence-electron chi connectivity index (χ2n) is 5.38. The number of rotatable bonds is 6. The van der Waals surface area contributed by atoms with E-state index in [1.807, 2.05) is 43.3 Å². The van der Waals surface area contributed by atoms with Crippen LogP contribution in [0.2, 0.25) is 0 Å². The molecule has 0 saturated heterocycles. The molecular weight excluding hydrogens is 298 g/mol. The zero-order valence-electron chi connectivity index (χ0n) is 12.8. The van der Waals surface area contributed by atoms with Crippen molar-refractivity contribution in [3.05, 3.63) is 59.7 Å². The van der Waals surface area contributed by atoms with E-state index in [1.54, 1.807) is 12.1 Å². The van der Waals surface area contributed by atoms with Crippen molar-refractivity contribution in [2.75, 3.05) is 18.2 Å². The van der Waals surface area contributed by atoms with Crippen LogP contribution in [0.3, 0.4) is 0 Å². The number of nitrogens with one attached hydrogen (secondary N) is 1. The molecule has 1 unspecified atom stereocenters. The second-order valence-corrected chi connectivity index (χ2v) is 7.39. The number of sulfone groups is 1. The predicted molar refractivity (Wildman–Crippen MR) is 88.8 cm³/mol. The molecule has 0 heterocycles. The van der Waals surface area contributed by atoms with E-state index in [-0.39, 0.29) is 12.6 Å². The average Bonchev–Trinajstić information content (AvgIpc) is 2.49. The first kappa shape index (κ1) is 16.5. The first-order valence-electron chi connectivity index (χ1n) is 7.16. The zero-order chi connectivity index (χ0) is 16.2. The van der Waals surface area contributed by atoms with Gasteiger partial charge >= 0.3 is 0 Å². The SMILES string of the molecule is CC(Nc1ccc(CCO)cc1)c1ccc(S(C)(=O)=O)cc1. The molecule has 2 N–H and O–H groups in total. The van der Waals surface area contributed by atoms with Crippen molar-refractivity contribution >= 4 is 15.5 Å². The molecule has 0 bridgehead atoms. The van der Waals surface area contributed by atoms with Gasteiger partial charge < -0.3 is 10.4 Å². The maximum atomic E-state index is 11.5. The molecule has 0 spiro atoms. The molecule has 5 heteroatoms. The Morgan fingerprint density at radius 2 is 1.64 bits per heavy atom. The van der Waals surface area contributed by atoms with Gasteiger partial charge in [-0.25, -0.2) is 8.42 Å². The third-order valence-corrected chi connectivity index (χ3v) is 4.67. The third kappa shape index (κ3) is 4.32. The molecule has 0 radical (unpaired) electrons. The summed E-state index contributed by atoms with van der Waals surface area (Å²) < 4.78 is 22.9. The van der Waals surface area contributed by atoms with Crippen LogP contribution in [-0.4, -0.2) is 26.4 Å². The van der Waals surface area contributed by atoms with Gasteiger partial charge in [-0.2, -0.15) is 0 Å². The van der Waals surface area contributed by atoms with E-state index < -0.39 is 9.84 Å². The molecule has 0 amide bonds. The van der Waals surface area contributed by atoms with Crippen LogP contribution < -0.4 is 5.32 Å². The number of aliphatic hydroxyl groups is 1. The molecule has 0 aliphatic rings. The Morgan fingerprint density at radius 3 is 2.14 bits per heavy atom. The highest BCUT2D eigenvalue weighted by Crippen LogP contribution is 2.21. The van der Waals surface area contributed by atoms with Crippen LogP contribution in [-0.2, 0) is 16.3 Å². The van der Waals surface area contributed by atoms with Crippen LogP contribution >= 0.6 is 0 Å². The first-order chi connectivity index (χ1) is 10.4. The van der Waals surface area contributed by atoms with Gasteiger partial charge in [0.1, 0.15) is 0 Å². The van der Waals surface area contributed by atoms with Crippen LogP contribution in [0.1, 0.15) is 24.1 Å². The fourth-order valence-electron chi connectivity index (χ4n) is 2.23. The predicted octanol–water partition coefficient (Wildman–Crippen LogP) is 2.80. The van der Waals surface area contributed by atoms with Gasteiger partial charge in [0.05, 0.1) is 4.90 Å². The lowest BCUT2D eigenvalue weighted by Crippen LogP contribution is -2.07. The summed E-state index contributed by atoms with van der Waals surface area (Å²) in [6.45, 7) is 2.17. The highest BCUT2D eigenvalue weighted by molar-refractivity contribution is 7.90. The van der Waals surface area contributed by atoms with Crippen LogP contribution in [0.5, 0.6) is 0 Å². The van der Waals surface area contributed by atoms with E-state index in [4.69, 9.17) is 5.11 Å². The normalized spacial score (nSPS) is 12.9. The number of hydrogen-bond acceptors (Lipinski definition) is 4. The summed E-state index contributed by atoms with van der Waals surface area (Å²) in [6, 6.07) is 14.9. The molecular formula is C17H21NO3S. The van der Waals surface area contributed by atoms with Crippen molar-refractivity contribution in [2.24, 2.45) is 0 Å². The summed E-state index contributed by atoms with van der Waals surface area (Å²) in [6.07, 6.45) is 1.86. The largest absolute Gasteiger partial charge is 0.396 e. The van der Waals surface area contributed by atoms with Crippen LogP contribution in [0.15, 0.2) is 53.4 Å². The maximum absolute atomic E-state index is 11.5. The van der Waals surface area contributed by atoms with E-state index in [0.29, 0.717) is 11.3 Å². The number of aliphatic hydroxyl groups excluding tert-OH is 1. The van der Waals surface area contributed by atoms with Gasteiger partial charge in [-0.05, 0) is 48.7 Å². The molecule has 2 rings (SSSR count). The van der Waals surface area contributed by atoms with Crippen molar-refractivity contribution < 1.29 is 13.5 Å². The summed E-state index contributed by atoms with van der Waals surface area (Å²) in [5.74, 6) is 0. The molecule has 2 aromatic carbocycles. The molecule has 2 aromatic rings. The smallest absolute Gasteiger partial charge is 0.175 e. The van der Waals surface area contributed by atoms with Crippen LogP contribution in [0.4, 0.5) is 5.69 Å². The van der Waals surface area contributed by atoms with E-state index in [9.17, 15) is 8.42 Å². The minimum absolute atomic E-state index is 0.0669. The van der Waals surface area contributed by atoms with Crippen LogP contribution in [0.25, 0.3) is 0 Å². The Morgan fingerprint density at radius 1 is 1.05 bits per heavy atom. The van der Waals surface area contributed by atoms with Gasteiger partial charge in [0.2, 0.25) is 0 Å². The van der Waals surface area contributed by atoms with Gasteiger partial charge in [0, 0.05) is 24.6 Å². The fraction of sp³-hybridized carbons (Fsp3) is 0.294. The van der Waals surface area contributed by atoms with Crippen molar-refractivity contribution in [3.63, 3.8) is 0 Å². The Bertz CT molecular complexity index is 707. The lowest BCUT2D eigenvalue weighted by atomic mass is 10.1. The van der Waals surface area contributed by atoms with Gasteiger partial charge in [-0.15, -0.1) is 0 Å². The molecule has 0 saturated carbocycles. The molecule has 0 aromatic heterocycles. The average molecular weight is 319 g/mol. The monoisotopic (exact) mass is 319 g/mol. The van der Waals surface area contributed by atoms with Gasteiger partial charge in [-0.3, -0.25) is 0 Å². The minimum Gasteiger partial charge on any atom is -0.396 e. The van der Waals surface area contributed by atoms with Gasteiger partial charge in [-0.1, -0.05) is 24.3 Å². The van der Waals surface area contributed by atoms with Crippen molar-refractivity contribution in [3.8, 4) is 0 Å². The quantitative estimate of drug-likeness (QED) is 0.859. The highest BCUT2D eigenvalue weighted by Gasteiger charge is 2.09. The fourth-order valence-corrected chi connectivity index (χ4v) is 2.86. The van der Waals surface area contributed by atoms with Crippen molar-refractivity contribution in [2.45, 2.75) is 24.3 Å². The highest BCUT2D eigenvalue weighted by atomic mass is 32.2. The Balaban J connectivity index is 2.06. The van der Waals surface area contributed by atoms with Gasteiger partial charge in [0.25, 0.3) is 0 Å². The van der Waals surface area contributed by atoms with Crippen molar-refractivity contribution in [1.29, 1.82) is 0 Å². The number of hydrogen-bond donors (Lipinski definition) is 2. The van der Waals surface area contributed by atoms with Gasteiger partial charge in [0.15, 0.2) is 9.84 Å². The first-order valence-corrected chi connectivity index (χ1v) is 9.05. The lowest BCUT2D eigenvalue weighted by molar-refractivity contribution is 0.299. The zero-order valence-corrected chi connectivity index (χ0v) is 13.6. The summed E-state index contributed by atoms with van der Waals surface area (Å²) in [5, 5.41) is 12.3. The summed E-state index contributed by atoms with van der Waals surface area (Å²) >= 11 is 0. The summed E-state index contributed by atoms with van der Waals surface area (Å²) in [4.78, 5) is 0.330. The molecule has 118 valence electrons. The van der Waals surface area contributed by atoms with E-state index in [0.717, 1.165) is 16.8 Å². The van der Waals surface area contributed by atoms with E-state index in [2.05, 4.69) is 5.32 Å². The van der Waals surface area contributed by atoms with E-state index >= 15 is 0 Å². The summed E-state index contributed by atoms with van der Waals surface area (Å²) in [5.41, 5.74) is 3.10. The Labute approximate surface area is 131 Å². The maximum Gasteiger partial charge on any atom is 0.175 e. The third-order valence-electron chi connectivity index (χ3n) is 3.55. The van der Waals surface area contributed by atoms with E-state index in [1.165, 1.54) is 6.26 Å². The molecule has 0 aliphatic heterocycles. The van der Waals surface area contributed by atoms with Crippen molar-refractivity contribution in [1.82, 2.24) is 0 Å². The van der Waals surface area contributed by atoms with Crippen LogP contribution in [0, 0.1) is 0 Å². The summed E-state index contributed by atoms with van der Waals surface area (Å²) in [7, 11) is -3.16. The Hall–Kier alpha value is -1.85. The topological polar surface area (TPSA) is 66.4 Å². The molecule has 0 fully saturated rings. The number of benzene rings is 2. The molecule has 4 nitrogen and oxygen atoms in total. The number of anilines is 1. The molecule has 22 heavy (non-hydrogen) atoms. The second kappa shape index (κ2) is 6.94. The minimum atomic E-state index is -3.16. The standard InChI is InChI=1S/C17H21NO3S/c1-13(15-5-9-17(10-6-15)22(2,20)21)18-16-7-3-14(4-8-16)11-12-19/h3-10,13,18-19H,11-12H2,1-2H3. The lowest BCUT2D eigenvalue weighted by Gasteiger charge is -2.16. The Kier molecular flexibility index (Phi) is 5.21.